The number of aromatic nitrogens is 1. The molecule has 228 valence electrons. The summed E-state index contributed by atoms with van der Waals surface area (Å²) in [7, 11) is 4.11. The molecule has 0 radical (unpaired) electrons. The number of rotatable bonds is 9. The predicted octanol–water partition coefficient (Wildman–Crippen LogP) is 7.00. The first-order valence-corrected chi connectivity index (χ1v) is 15.0. The highest BCUT2D eigenvalue weighted by molar-refractivity contribution is 8.00. The van der Waals surface area contributed by atoms with Gasteiger partial charge < -0.3 is 9.80 Å². The lowest BCUT2D eigenvalue weighted by atomic mass is 10.00. The Hall–Kier alpha value is -1.73. The maximum Gasteiger partial charge on any atom is 0.446 e. The van der Waals surface area contributed by atoms with Crippen LogP contribution in [0.1, 0.15) is 31.4 Å². The molecular formula is C28H37ClF6N5S+. The second kappa shape index (κ2) is 13.3. The fourth-order valence-electron chi connectivity index (χ4n) is 5.69. The van der Waals surface area contributed by atoms with Gasteiger partial charge in [-0.2, -0.15) is 26.3 Å². The zero-order valence-corrected chi connectivity index (χ0v) is 24.9. The second-order valence-electron chi connectivity index (χ2n) is 11.2. The molecule has 0 N–H and O–H groups in total. The van der Waals surface area contributed by atoms with Crippen molar-refractivity contribution in [1.82, 2.24) is 19.3 Å². The Morgan fingerprint density at radius 2 is 1.49 bits per heavy atom. The van der Waals surface area contributed by atoms with Crippen LogP contribution in [0.25, 0.3) is 0 Å². The van der Waals surface area contributed by atoms with E-state index in [1.54, 1.807) is 12.1 Å². The quantitative estimate of drug-likeness (QED) is 0.129. The molecule has 0 bridgehead atoms. The number of pyridine rings is 1. The van der Waals surface area contributed by atoms with Crippen LogP contribution in [0.2, 0.25) is 5.02 Å². The summed E-state index contributed by atoms with van der Waals surface area (Å²) in [6, 6.07) is 7.81. The van der Waals surface area contributed by atoms with Crippen molar-refractivity contribution in [2.75, 3.05) is 71.4 Å². The number of anilines is 1. The molecule has 3 heterocycles. The standard InChI is InChI=1S/C28H37ClF6N5S/c1-40(2,23-6-7-24(29)25(19-23)41-28(33,34)35)22-9-13-37(14-10-22)11-3-4-12-38-15-17-39(18-16-38)21-5-8-26(36-20-21)27(30,31)32/h5-8,19-20,22H,3-4,9-18H2,1-2H3/q+1. The van der Waals surface area contributed by atoms with Crippen LogP contribution in [0.5, 0.6) is 0 Å². The molecule has 0 aliphatic carbocycles. The molecule has 1 aromatic carbocycles. The molecule has 13 heteroatoms. The number of thioether (sulfide) groups is 1. The predicted molar refractivity (Wildman–Crippen MR) is 154 cm³/mol. The van der Waals surface area contributed by atoms with Crippen molar-refractivity contribution in [3.63, 3.8) is 0 Å². The van der Waals surface area contributed by atoms with Crippen LogP contribution in [0, 0.1) is 0 Å². The Morgan fingerprint density at radius 3 is 2.02 bits per heavy atom. The first-order chi connectivity index (χ1) is 19.2. The lowest BCUT2D eigenvalue weighted by Gasteiger charge is -2.42. The number of hydrogen-bond donors (Lipinski definition) is 0. The van der Waals surface area contributed by atoms with E-state index in [-0.39, 0.29) is 21.7 Å². The number of likely N-dealkylation sites (tertiary alicyclic amines) is 1. The number of piperazine rings is 1. The first kappa shape index (κ1) is 32.2. The third kappa shape index (κ3) is 8.89. The van der Waals surface area contributed by atoms with Crippen molar-refractivity contribution in [2.24, 2.45) is 0 Å². The zero-order chi connectivity index (χ0) is 29.8. The van der Waals surface area contributed by atoms with Gasteiger partial charge in [0, 0.05) is 69.1 Å². The summed E-state index contributed by atoms with van der Waals surface area (Å²) in [4.78, 5) is 10.6. The largest absolute Gasteiger partial charge is 0.446 e. The highest BCUT2D eigenvalue weighted by Gasteiger charge is 2.36. The lowest BCUT2D eigenvalue weighted by Crippen LogP contribution is -2.54. The van der Waals surface area contributed by atoms with Gasteiger partial charge in [-0.15, -0.1) is 0 Å². The summed E-state index contributed by atoms with van der Waals surface area (Å²) in [5.41, 5.74) is -3.70. The van der Waals surface area contributed by atoms with Crippen molar-refractivity contribution in [3.8, 4) is 0 Å². The molecule has 4 rings (SSSR count). The topological polar surface area (TPSA) is 22.6 Å². The van der Waals surface area contributed by atoms with E-state index in [1.165, 1.54) is 12.3 Å². The van der Waals surface area contributed by atoms with Crippen LogP contribution in [0.3, 0.4) is 0 Å². The molecule has 2 aliphatic rings. The van der Waals surface area contributed by atoms with Crippen LogP contribution in [0.4, 0.5) is 37.7 Å². The van der Waals surface area contributed by atoms with E-state index in [0.29, 0.717) is 10.5 Å². The smallest absolute Gasteiger partial charge is 0.368 e. The van der Waals surface area contributed by atoms with Crippen molar-refractivity contribution in [1.29, 1.82) is 0 Å². The van der Waals surface area contributed by atoms with Crippen molar-refractivity contribution < 1.29 is 26.3 Å². The Labute approximate surface area is 247 Å². The second-order valence-corrected chi connectivity index (χ2v) is 12.7. The van der Waals surface area contributed by atoms with Gasteiger partial charge in [-0.25, -0.2) is 4.98 Å². The van der Waals surface area contributed by atoms with Crippen LogP contribution in [-0.4, -0.2) is 92.8 Å². The van der Waals surface area contributed by atoms with Crippen molar-refractivity contribution in [3.05, 3.63) is 47.2 Å². The summed E-state index contributed by atoms with van der Waals surface area (Å²) in [6.45, 7) is 7.20. The van der Waals surface area contributed by atoms with Gasteiger partial charge in [0.2, 0.25) is 0 Å². The van der Waals surface area contributed by atoms with Gasteiger partial charge in [-0.05, 0) is 55.9 Å². The van der Waals surface area contributed by atoms with Gasteiger partial charge >= 0.3 is 11.7 Å². The van der Waals surface area contributed by atoms with Gasteiger partial charge in [0.25, 0.3) is 0 Å². The number of benzene rings is 1. The molecule has 5 nitrogen and oxygen atoms in total. The minimum Gasteiger partial charge on any atom is -0.368 e. The van der Waals surface area contributed by atoms with Gasteiger partial charge in [-0.1, -0.05) is 11.6 Å². The Bertz CT molecular complexity index is 1130. The third-order valence-electron chi connectivity index (χ3n) is 8.25. The van der Waals surface area contributed by atoms with Crippen LogP contribution in [-0.2, 0) is 6.18 Å². The van der Waals surface area contributed by atoms with Crippen molar-refractivity contribution in [2.45, 2.75) is 48.3 Å². The first-order valence-electron chi connectivity index (χ1n) is 13.8. The minimum atomic E-state index is -4.42. The van der Waals surface area contributed by atoms with Crippen LogP contribution >= 0.6 is 23.4 Å². The molecule has 0 amide bonds. The maximum absolute atomic E-state index is 13.0. The molecule has 2 aliphatic heterocycles. The van der Waals surface area contributed by atoms with E-state index in [4.69, 9.17) is 11.6 Å². The molecule has 0 unspecified atom stereocenters. The molecule has 0 spiro atoms. The zero-order valence-electron chi connectivity index (χ0n) is 23.3. The number of unbranched alkanes of at least 4 members (excludes halogenated alkanes) is 1. The van der Waals surface area contributed by atoms with E-state index in [0.717, 1.165) is 95.5 Å². The Morgan fingerprint density at radius 1 is 0.878 bits per heavy atom. The molecule has 2 aromatic rings. The summed E-state index contributed by atoms with van der Waals surface area (Å²) < 4.78 is 77.7. The fourth-order valence-corrected chi connectivity index (χ4v) is 6.52. The van der Waals surface area contributed by atoms with Gasteiger partial charge in [0.15, 0.2) is 0 Å². The van der Waals surface area contributed by atoms with Gasteiger partial charge in [-0.3, -0.25) is 9.38 Å². The Balaban J connectivity index is 1.15. The summed E-state index contributed by atoms with van der Waals surface area (Å²) in [5.74, 6) is 0. The monoisotopic (exact) mass is 624 g/mol. The third-order valence-corrected chi connectivity index (χ3v) is 9.48. The van der Waals surface area contributed by atoms with Gasteiger partial charge in [0.1, 0.15) is 11.4 Å². The number of nitrogens with zero attached hydrogens (tertiary/aromatic N) is 5. The number of piperidine rings is 1. The number of alkyl halides is 6. The highest BCUT2D eigenvalue weighted by Crippen LogP contribution is 2.43. The van der Waals surface area contributed by atoms with Crippen LogP contribution in [0.15, 0.2) is 41.4 Å². The molecule has 2 saturated heterocycles. The average molecular weight is 625 g/mol. The number of hydrogen-bond acceptors (Lipinski definition) is 5. The summed E-state index contributed by atoms with van der Waals surface area (Å²) in [6.07, 6.45) is 0.985. The van der Waals surface area contributed by atoms with E-state index < -0.39 is 17.4 Å². The lowest BCUT2D eigenvalue weighted by molar-refractivity contribution is -0.141. The normalized spacial score (nSPS) is 18.7. The number of halogens is 7. The molecule has 0 saturated carbocycles. The molecule has 41 heavy (non-hydrogen) atoms. The highest BCUT2D eigenvalue weighted by atomic mass is 35.5. The van der Waals surface area contributed by atoms with Gasteiger partial charge in [0.05, 0.1) is 37.0 Å². The van der Waals surface area contributed by atoms with E-state index in [2.05, 4.69) is 33.8 Å². The minimum absolute atomic E-state index is 0.0401. The SMILES string of the molecule is C[N+](C)(c1ccc(Cl)c(SC(F)(F)F)c1)C1CCN(CCCCN2CCN(c3ccc(C(F)(F)F)nc3)CC2)CC1. The molecular weight excluding hydrogens is 588 g/mol. The Kier molecular flexibility index (Phi) is 10.4. The molecule has 0 atom stereocenters. The summed E-state index contributed by atoms with van der Waals surface area (Å²) >= 11 is 5.88. The molecule has 2 fully saturated rings. The summed E-state index contributed by atoms with van der Waals surface area (Å²) in [5, 5.41) is 0.115. The fraction of sp³-hybridized carbons (Fsp3) is 0.607. The molecule has 1 aromatic heterocycles. The van der Waals surface area contributed by atoms with Crippen LogP contribution < -0.4 is 9.38 Å². The van der Waals surface area contributed by atoms with E-state index >= 15 is 0 Å². The number of quaternary nitrogens is 1. The van der Waals surface area contributed by atoms with Crippen molar-refractivity contribution >= 4 is 34.7 Å². The van der Waals surface area contributed by atoms with E-state index in [9.17, 15) is 26.3 Å². The maximum atomic E-state index is 13.0. The van der Waals surface area contributed by atoms with E-state index in [1.807, 2.05) is 6.07 Å². The average Bonchev–Trinajstić information content (AvgIpc) is 2.92.